The Labute approximate surface area is 152 Å². The average molecular weight is 357 g/mol. The van der Waals surface area contributed by atoms with Crippen LogP contribution in [0.5, 0.6) is 11.5 Å². The number of hydrogen-bond acceptors (Lipinski definition) is 5. The van der Waals surface area contributed by atoms with Crippen LogP contribution in [0.1, 0.15) is 24.0 Å². The molecule has 4 rings (SSSR count). The van der Waals surface area contributed by atoms with Gasteiger partial charge < -0.3 is 24.2 Å². The first-order chi connectivity index (χ1) is 12.6. The van der Waals surface area contributed by atoms with Gasteiger partial charge in [-0.25, -0.2) is 4.79 Å². The van der Waals surface area contributed by atoms with Crippen molar-refractivity contribution in [1.29, 1.82) is 0 Å². The van der Waals surface area contributed by atoms with Crippen molar-refractivity contribution in [2.75, 3.05) is 20.3 Å². The molecule has 2 heterocycles. The lowest BCUT2D eigenvalue weighted by molar-refractivity contribution is 0.0766. The van der Waals surface area contributed by atoms with Crippen LogP contribution in [0.3, 0.4) is 0 Å². The summed E-state index contributed by atoms with van der Waals surface area (Å²) in [7, 11) is 1.62. The van der Waals surface area contributed by atoms with Gasteiger partial charge in [0.15, 0.2) is 11.5 Å². The molecule has 1 N–H and O–H groups in total. The normalized spacial score (nSPS) is 28.5. The fourth-order valence-electron chi connectivity index (χ4n) is 4.31. The first kappa shape index (κ1) is 17.0. The number of amides is 1. The third kappa shape index (κ3) is 2.48. The van der Waals surface area contributed by atoms with E-state index in [1.807, 2.05) is 18.2 Å². The molecule has 2 unspecified atom stereocenters. The number of aliphatic hydroxyl groups is 1. The van der Waals surface area contributed by atoms with Gasteiger partial charge in [0, 0.05) is 25.1 Å². The van der Waals surface area contributed by atoms with Crippen LogP contribution in [0, 0.1) is 0 Å². The van der Waals surface area contributed by atoms with Crippen LogP contribution in [0.15, 0.2) is 36.9 Å². The lowest BCUT2D eigenvalue weighted by atomic mass is 9.69. The van der Waals surface area contributed by atoms with Gasteiger partial charge in [-0.05, 0) is 18.1 Å². The molecule has 0 bridgehead atoms. The summed E-state index contributed by atoms with van der Waals surface area (Å²) in [6.45, 7) is 4.78. The summed E-state index contributed by atoms with van der Waals surface area (Å²) in [5, 5.41) is 10.1. The molecule has 1 aromatic rings. The molecule has 1 aromatic carbocycles. The molecule has 0 fully saturated rings. The Morgan fingerprint density at radius 2 is 2.38 bits per heavy atom. The average Bonchev–Trinajstić information content (AvgIpc) is 2.87. The van der Waals surface area contributed by atoms with Crippen molar-refractivity contribution in [2.24, 2.45) is 0 Å². The summed E-state index contributed by atoms with van der Waals surface area (Å²) in [4.78, 5) is 14.1. The lowest BCUT2D eigenvalue weighted by Crippen LogP contribution is -2.43. The number of methoxy groups -OCH3 is 1. The van der Waals surface area contributed by atoms with Crippen LogP contribution in [-0.2, 0) is 16.7 Å². The van der Waals surface area contributed by atoms with E-state index < -0.39 is 6.10 Å². The number of benzene rings is 1. The molecule has 0 aromatic heterocycles. The van der Waals surface area contributed by atoms with Crippen molar-refractivity contribution in [3.8, 4) is 11.5 Å². The van der Waals surface area contributed by atoms with E-state index in [9.17, 15) is 9.90 Å². The van der Waals surface area contributed by atoms with E-state index in [2.05, 4.69) is 12.7 Å². The maximum Gasteiger partial charge on any atom is 0.410 e. The second kappa shape index (κ2) is 6.36. The molecule has 1 amide bonds. The zero-order chi connectivity index (χ0) is 18.3. The van der Waals surface area contributed by atoms with Gasteiger partial charge in [-0.1, -0.05) is 30.9 Å². The van der Waals surface area contributed by atoms with Crippen LogP contribution < -0.4 is 9.47 Å². The molecule has 0 radical (unpaired) electrons. The minimum atomic E-state index is -0.522. The van der Waals surface area contributed by atoms with E-state index in [0.29, 0.717) is 31.7 Å². The zero-order valence-corrected chi connectivity index (χ0v) is 14.8. The van der Waals surface area contributed by atoms with Gasteiger partial charge in [-0.3, -0.25) is 0 Å². The molecule has 138 valence electrons. The molecule has 3 atom stereocenters. The van der Waals surface area contributed by atoms with Crippen LogP contribution >= 0.6 is 0 Å². The Bertz CT molecular complexity index is 774. The molecule has 6 nitrogen and oxygen atoms in total. The van der Waals surface area contributed by atoms with Crippen LogP contribution in [0.2, 0.25) is 0 Å². The summed E-state index contributed by atoms with van der Waals surface area (Å²) >= 11 is 0. The molecule has 1 spiro atoms. The molecule has 2 aliphatic heterocycles. The quantitative estimate of drug-likeness (QED) is 0.842. The predicted octanol–water partition coefficient (Wildman–Crippen LogP) is 2.54. The number of carbonyl (C=O) groups is 1. The summed E-state index contributed by atoms with van der Waals surface area (Å²) in [6.07, 6.45) is 5.65. The highest BCUT2D eigenvalue weighted by molar-refractivity contribution is 5.69. The summed E-state index contributed by atoms with van der Waals surface area (Å²) < 4.78 is 17.0. The summed E-state index contributed by atoms with van der Waals surface area (Å²) in [5.74, 6) is 1.41. The molecule has 1 aliphatic carbocycles. The molecule has 0 saturated carbocycles. The Balaban J connectivity index is 1.78. The highest BCUT2D eigenvalue weighted by Gasteiger charge is 2.53. The number of ether oxygens (including phenoxy) is 3. The fraction of sp³-hybridized carbons (Fsp3) is 0.450. The third-order valence-electron chi connectivity index (χ3n) is 5.54. The predicted molar refractivity (Wildman–Crippen MR) is 95.4 cm³/mol. The molecule has 26 heavy (non-hydrogen) atoms. The Hall–Kier alpha value is -2.47. The van der Waals surface area contributed by atoms with Gasteiger partial charge in [0.25, 0.3) is 0 Å². The largest absolute Gasteiger partial charge is 0.493 e. The number of carbonyl (C=O) groups excluding carboxylic acids is 1. The zero-order valence-electron chi connectivity index (χ0n) is 14.8. The van der Waals surface area contributed by atoms with Crippen LogP contribution in [-0.4, -0.2) is 48.6 Å². The Kier molecular flexibility index (Phi) is 4.15. The molecular weight excluding hydrogens is 334 g/mol. The van der Waals surface area contributed by atoms with Crippen molar-refractivity contribution >= 4 is 6.09 Å². The van der Waals surface area contributed by atoms with Crippen molar-refractivity contribution < 1.29 is 24.1 Å². The first-order valence-electron chi connectivity index (χ1n) is 8.86. The van der Waals surface area contributed by atoms with E-state index in [1.165, 1.54) is 0 Å². The monoisotopic (exact) mass is 357 g/mol. The number of rotatable bonds is 3. The topological polar surface area (TPSA) is 68.2 Å². The highest BCUT2D eigenvalue weighted by atomic mass is 16.6. The maximum absolute atomic E-state index is 12.4. The van der Waals surface area contributed by atoms with Gasteiger partial charge in [0.1, 0.15) is 12.7 Å². The number of nitrogens with zero attached hydrogens (tertiary/aromatic N) is 1. The Morgan fingerprint density at radius 3 is 3.15 bits per heavy atom. The molecule has 3 aliphatic rings. The van der Waals surface area contributed by atoms with Crippen molar-refractivity contribution in [1.82, 2.24) is 4.90 Å². The van der Waals surface area contributed by atoms with Gasteiger partial charge in [0.2, 0.25) is 0 Å². The molecular formula is C20H23NO5. The standard InChI is InChI=1S/C20H23NO5/c1-3-10-25-19(23)21-9-8-20-7-6-14(22)11-16(20)26-18-15(24-2)5-4-13(12-21)17(18)20/h3-7,14,16,22H,1,8-12H2,2H3/t14-,16?,20?/m0/s1. The first-order valence-corrected chi connectivity index (χ1v) is 8.86. The number of hydrogen-bond donors (Lipinski definition) is 1. The highest BCUT2D eigenvalue weighted by Crippen LogP contribution is 2.55. The van der Waals surface area contributed by atoms with Crippen molar-refractivity contribution in [3.63, 3.8) is 0 Å². The van der Waals surface area contributed by atoms with Gasteiger partial charge in [-0.15, -0.1) is 0 Å². The van der Waals surface area contributed by atoms with Crippen molar-refractivity contribution in [2.45, 2.75) is 37.0 Å². The second-order valence-corrected chi connectivity index (χ2v) is 6.98. The molecule has 6 heteroatoms. The second-order valence-electron chi connectivity index (χ2n) is 6.98. The van der Waals surface area contributed by atoms with Gasteiger partial charge in [-0.2, -0.15) is 0 Å². The fourth-order valence-corrected chi connectivity index (χ4v) is 4.31. The van der Waals surface area contributed by atoms with E-state index >= 15 is 0 Å². The van der Waals surface area contributed by atoms with E-state index in [4.69, 9.17) is 14.2 Å². The Morgan fingerprint density at radius 1 is 1.54 bits per heavy atom. The number of aliphatic hydroxyl groups excluding tert-OH is 1. The van der Waals surface area contributed by atoms with E-state index in [1.54, 1.807) is 18.1 Å². The summed E-state index contributed by atoms with van der Waals surface area (Å²) in [5.41, 5.74) is 1.74. The van der Waals surface area contributed by atoms with Crippen molar-refractivity contribution in [3.05, 3.63) is 48.1 Å². The van der Waals surface area contributed by atoms with E-state index in [0.717, 1.165) is 16.9 Å². The smallest absolute Gasteiger partial charge is 0.410 e. The van der Waals surface area contributed by atoms with E-state index in [-0.39, 0.29) is 24.2 Å². The third-order valence-corrected chi connectivity index (χ3v) is 5.54. The van der Waals surface area contributed by atoms with Gasteiger partial charge in [0.05, 0.1) is 18.6 Å². The lowest BCUT2D eigenvalue weighted by Gasteiger charge is -2.35. The summed E-state index contributed by atoms with van der Waals surface area (Å²) in [6, 6.07) is 3.86. The minimum Gasteiger partial charge on any atom is -0.493 e. The van der Waals surface area contributed by atoms with Crippen LogP contribution in [0.4, 0.5) is 4.79 Å². The molecule has 0 saturated heterocycles. The van der Waals surface area contributed by atoms with Crippen LogP contribution in [0.25, 0.3) is 0 Å². The maximum atomic E-state index is 12.4. The van der Waals surface area contributed by atoms with Gasteiger partial charge >= 0.3 is 6.09 Å². The minimum absolute atomic E-state index is 0.170. The SMILES string of the molecule is C=CCOC(=O)N1CCC23C=C[C@H](O)CC2Oc2c(OC)ccc(c23)C1.